The van der Waals surface area contributed by atoms with Gasteiger partial charge in [-0.1, -0.05) is 13.8 Å². The van der Waals surface area contributed by atoms with E-state index in [1.807, 2.05) is 6.92 Å². The van der Waals surface area contributed by atoms with E-state index in [0.717, 1.165) is 32.5 Å². The number of carbonyl (C=O) groups excluding carboxylic acids is 1. The lowest BCUT2D eigenvalue weighted by molar-refractivity contribution is -0.146. The first kappa shape index (κ1) is 15.3. The third-order valence-electron chi connectivity index (χ3n) is 4.83. The molecule has 1 heterocycles. The zero-order chi connectivity index (χ0) is 14.7. The van der Waals surface area contributed by atoms with E-state index in [-0.39, 0.29) is 17.9 Å². The minimum absolute atomic E-state index is 0.0447. The first-order valence-electron chi connectivity index (χ1n) is 7.76. The molecule has 1 saturated heterocycles. The number of carboxylic acid groups (broad SMARTS) is 1. The van der Waals surface area contributed by atoms with Crippen LogP contribution in [0.15, 0.2) is 0 Å². The maximum Gasteiger partial charge on any atom is 0.307 e. The number of amides is 1. The second-order valence-electron chi connectivity index (χ2n) is 6.34. The van der Waals surface area contributed by atoms with Gasteiger partial charge in [-0.3, -0.25) is 9.59 Å². The standard InChI is InChI=1S/C15H26N2O3/c1-3-17-6-4-11(5-7-17)16-14(18)12-8-10(2)9-13(12)15(19)20/h10-13H,3-9H2,1-2H3,(H,16,18)(H,19,20)/t10?,12-,13+/m0/s1. The van der Waals surface area contributed by atoms with Gasteiger partial charge in [0.25, 0.3) is 0 Å². The van der Waals surface area contributed by atoms with E-state index in [1.54, 1.807) is 0 Å². The van der Waals surface area contributed by atoms with Crippen LogP contribution in [0.1, 0.15) is 39.5 Å². The third-order valence-corrected chi connectivity index (χ3v) is 4.83. The molecule has 5 heteroatoms. The Bertz CT molecular complexity index is 364. The average Bonchev–Trinajstić information content (AvgIpc) is 2.82. The summed E-state index contributed by atoms with van der Waals surface area (Å²) in [6.07, 6.45) is 3.28. The predicted octanol–water partition coefficient (Wildman–Crippen LogP) is 1.33. The van der Waals surface area contributed by atoms with Crippen LogP contribution in [0.2, 0.25) is 0 Å². The van der Waals surface area contributed by atoms with Crippen LogP contribution in [0.5, 0.6) is 0 Å². The van der Waals surface area contributed by atoms with Crippen molar-refractivity contribution in [3.8, 4) is 0 Å². The number of carboxylic acids is 1. The number of piperidine rings is 1. The molecule has 1 aliphatic carbocycles. The molecule has 0 spiro atoms. The van der Waals surface area contributed by atoms with Gasteiger partial charge in [0, 0.05) is 19.1 Å². The van der Waals surface area contributed by atoms with Crippen molar-refractivity contribution in [2.45, 2.75) is 45.6 Å². The quantitative estimate of drug-likeness (QED) is 0.816. The van der Waals surface area contributed by atoms with Crippen LogP contribution in [-0.4, -0.2) is 47.6 Å². The van der Waals surface area contributed by atoms with Crippen molar-refractivity contribution >= 4 is 11.9 Å². The molecule has 1 amide bonds. The van der Waals surface area contributed by atoms with E-state index < -0.39 is 11.9 Å². The molecule has 2 N–H and O–H groups in total. The van der Waals surface area contributed by atoms with Crippen LogP contribution in [0.4, 0.5) is 0 Å². The van der Waals surface area contributed by atoms with Gasteiger partial charge in [0.15, 0.2) is 0 Å². The van der Waals surface area contributed by atoms with Crippen molar-refractivity contribution in [3.05, 3.63) is 0 Å². The van der Waals surface area contributed by atoms with E-state index >= 15 is 0 Å². The van der Waals surface area contributed by atoms with Gasteiger partial charge in [-0.05, 0) is 38.1 Å². The Morgan fingerprint density at radius 2 is 1.80 bits per heavy atom. The Balaban J connectivity index is 1.87. The number of aliphatic carboxylic acids is 1. The van der Waals surface area contributed by atoms with Crippen LogP contribution < -0.4 is 5.32 Å². The van der Waals surface area contributed by atoms with E-state index in [1.165, 1.54) is 0 Å². The van der Waals surface area contributed by atoms with Crippen LogP contribution >= 0.6 is 0 Å². The first-order chi connectivity index (χ1) is 9.51. The van der Waals surface area contributed by atoms with Crippen LogP contribution in [0.3, 0.4) is 0 Å². The smallest absolute Gasteiger partial charge is 0.307 e. The molecule has 20 heavy (non-hydrogen) atoms. The molecule has 0 bridgehead atoms. The summed E-state index contributed by atoms with van der Waals surface area (Å²) in [5, 5.41) is 12.3. The molecule has 5 nitrogen and oxygen atoms in total. The summed E-state index contributed by atoms with van der Waals surface area (Å²) in [5.41, 5.74) is 0. The maximum absolute atomic E-state index is 12.3. The minimum Gasteiger partial charge on any atom is -0.481 e. The van der Waals surface area contributed by atoms with E-state index in [2.05, 4.69) is 17.1 Å². The molecule has 1 saturated carbocycles. The second kappa shape index (κ2) is 6.57. The van der Waals surface area contributed by atoms with Gasteiger partial charge in [-0.15, -0.1) is 0 Å². The molecule has 0 aromatic rings. The Kier molecular flexibility index (Phi) is 5.02. The topological polar surface area (TPSA) is 69.6 Å². The zero-order valence-electron chi connectivity index (χ0n) is 12.5. The highest BCUT2D eigenvalue weighted by Gasteiger charge is 2.41. The highest BCUT2D eigenvalue weighted by atomic mass is 16.4. The summed E-state index contributed by atoms with van der Waals surface area (Å²) in [4.78, 5) is 26.0. The Morgan fingerprint density at radius 1 is 1.20 bits per heavy atom. The lowest BCUT2D eigenvalue weighted by Crippen LogP contribution is -2.47. The van der Waals surface area contributed by atoms with E-state index in [4.69, 9.17) is 0 Å². The number of hydrogen-bond acceptors (Lipinski definition) is 3. The van der Waals surface area contributed by atoms with Gasteiger partial charge in [0.2, 0.25) is 5.91 Å². The van der Waals surface area contributed by atoms with Gasteiger partial charge in [0.05, 0.1) is 11.8 Å². The summed E-state index contributed by atoms with van der Waals surface area (Å²) >= 11 is 0. The SMILES string of the molecule is CCN1CCC(NC(=O)[C@H]2CC(C)C[C@H]2C(=O)O)CC1. The summed E-state index contributed by atoms with van der Waals surface area (Å²) in [6.45, 7) is 7.27. The fourth-order valence-electron chi connectivity index (χ4n) is 3.56. The molecule has 2 fully saturated rings. The molecule has 0 radical (unpaired) electrons. The zero-order valence-corrected chi connectivity index (χ0v) is 12.5. The molecule has 0 aromatic heterocycles. The largest absolute Gasteiger partial charge is 0.481 e. The summed E-state index contributed by atoms with van der Waals surface area (Å²) in [5.74, 6) is -1.38. The normalized spacial score (nSPS) is 32.2. The minimum atomic E-state index is -0.824. The Labute approximate surface area is 120 Å². The van der Waals surface area contributed by atoms with E-state index in [9.17, 15) is 14.7 Å². The maximum atomic E-state index is 12.3. The first-order valence-corrected chi connectivity index (χ1v) is 7.76. The van der Waals surface area contributed by atoms with Gasteiger partial charge >= 0.3 is 5.97 Å². The molecule has 1 unspecified atom stereocenters. The van der Waals surface area contributed by atoms with Gasteiger partial charge in [-0.25, -0.2) is 0 Å². The third kappa shape index (κ3) is 3.51. The van der Waals surface area contributed by atoms with Crippen molar-refractivity contribution in [3.63, 3.8) is 0 Å². The Hall–Kier alpha value is -1.10. The number of likely N-dealkylation sites (tertiary alicyclic amines) is 1. The lowest BCUT2D eigenvalue weighted by atomic mass is 9.94. The number of carbonyl (C=O) groups is 2. The van der Waals surface area contributed by atoms with Gasteiger partial charge in [-0.2, -0.15) is 0 Å². The lowest BCUT2D eigenvalue weighted by Gasteiger charge is -2.32. The molecule has 3 atom stereocenters. The van der Waals surface area contributed by atoms with Gasteiger partial charge < -0.3 is 15.3 Å². The Morgan fingerprint density at radius 3 is 2.35 bits per heavy atom. The number of rotatable bonds is 4. The van der Waals surface area contributed by atoms with Crippen molar-refractivity contribution in [2.24, 2.45) is 17.8 Å². The fraction of sp³-hybridized carbons (Fsp3) is 0.867. The summed E-state index contributed by atoms with van der Waals surface area (Å²) in [7, 11) is 0. The number of hydrogen-bond donors (Lipinski definition) is 2. The number of nitrogens with one attached hydrogen (secondary N) is 1. The molecule has 114 valence electrons. The van der Waals surface area contributed by atoms with Crippen molar-refractivity contribution < 1.29 is 14.7 Å². The highest BCUT2D eigenvalue weighted by Crippen LogP contribution is 2.36. The van der Waals surface area contributed by atoms with Crippen molar-refractivity contribution in [2.75, 3.05) is 19.6 Å². The average molecular weight is 282 g/mol. The predicted molar refractivity (Wildman–Crippen MR) is 76.3 cm³/mol. The molecule has 2 rings (SSSR count). The van der Waals surface area contributed by atoms with Crippen molar-refractivity contribution in [1.29, 1.82) is 0 Å². The fourth-order valence-corrected chi connectivity index (χ4v) is 3.56. The highest BCUT2D eigenvalue weighted by molar-refractivity contribution is 5.85. The second-order valence-corrected chi connectivity index (χ2v) is 6.34. The van der Waals surface area contributed by atoms with Crippen LogP contribution in [0, 0.1) is 17.8 Å². The van der Waals surface area contributed by atoms with Crippen molar-refractivity contribution in [1.82, 2.24) is 10.2 Å². The molecule has 2 aliphatic rings. The summed E-state index contributed by atoms with van der Waals surface area (Å²) < 4.78 is 0. The summed E-state index contributed by atoms with van der Waals surface area (Å²) in [6, 6.07) is 0.218. The van der Waals surface area contributed by atoms with E-state index in [0.29, 0.717) is 18.8 Å². The molecule has 1 aliphatic heterocycles. The van der Waals surface area contributed by atoms with Crippen LogP contribution in [0.25, 0.3) is 0 Å². The molecular formula is C15H26N2O3. The number of nitrogens with zero attached hydrogens (tertiary/aromatic N) is 1. The monoisotopic (exact) mass is 282 g/mol. The molecule has 0 aromatic carbocycles. The van der Waals surface area contributed by atoms with Crippen LogP contribution in [-0.2, 0) is 9.59 Å². The molecular weight excluding hydrogens is 256 g/mol. The van der Waals surface area contributed by atoms with Gasteiger partial charge in [0.1, 0.15) is 0 Å².